The Kier molecular flexibility index (Phi) is 6.20. The van der Waals surface area contributed by atoms with Crippen molar-refractivity contribution in [3.05, 3.63) is 181 Å². The summed E-state index contributed by atoms with van der Waals surface area (Å²) in [6, 6.07) is 63.4. The van der Waals surface area contributed by atoms with Crippen LogP contribution in [0.5, 0.6) is 0 Å². The van der Waals surface area contributed by atoms with E-state index in [1.807, 2.05) is 0 Å². The van der Waals surface area contributed by atoms with Crippen LogP contribution in [0.4, 0.5) is 17.1 Å². The molecule has 4 fully saturated rings. The van der Waals surface area contributed by atoms with Gasteiger partial charge in [-0.15, -0.1) is 0 Å². The molecule has 0 aliphatic heterocycles. The molecule has 1 spiro atoms. The van der Waals surface area contributed by atoms with Crippen molar-refractivity contribution < 1.29 is 0 Å². The lowest BCUT2D eigenvalue weighted by atomic mass is 9.59. The van der Waals surface area contributed by atoms with Crippen molar-refractivity contribution in [2.45, 2.75) is 31.1 Å². The van der Waals surface area contributed by atoms with E-state index >= 15 is 0 Å². The average Bonchev–Trinajstić information content (AvgIpc) is 3.88. The van der Waals surface area contributed by atoms with Gasteiger partial charge in [-0.05, 0) is 149 Å². The van der Waals surface area contributed by atoms with E-state index < -0.39 is 0 Å². The Labute approximate surface area is 311 Å². The number of rotatable bonds is 5. The zero-order valence-corrected chi connectivity index (χ0v) is 29.7. The predicted molar refractivity (Wildman–Crippen MR) is 220 cm³/mol. The van der Waals surface area contributed by atoms with Gasteiger partial charge in [-0.25, -0.2) is 0 Å². The maximum absolute atomic E-state index is 2.60. The lowest BCUT2D eigenvalue weighted by Gasteiger charge is -2.44. The quantitative estimate of drug-likeness (QED) is 0.176. The van der Waals surface area contributed by atoms with Crippen molar-refractivity contribution in [1.82, 2.24) is 4.57 Å². The van der Waals surface area contributed by atoms with Gasteiger partial charge in [0.25, 0.3) is 0 Å². The molecule has 1 aromatic heterocycles. The maximum atomic E-state index is 2.60. The van der Waals surface area contributed by atoms with Crippen LogP contribution >= 0.6 is 0 Å². The van der Waals surface area contributed by atoms with E-state index in [4.69, 9.17) is 0 Å². The summed E-state index contributed by atoms with van der Waals surface area (Å²) in [5.74, 6) is 3.43. The Balaban J connectivity index is 0.965. The number of hydrogen-bond acceptors (Lipinski definition) is 1. The number of aromatic nitrogens is 1. The molecule has 0 saturated heterocycles. The van der Waals surface area contributed by atoms with Crippen LogP contribution in [0.25, 0.3) is 49.7 Å². The van der Waals surface area contributed by atoms with Crippen LogP contribution in [0.15, 0.2) is 170 Å². The number of para-hydroxylation sites is 3. The number of benzene rings is 7. The fourth-order valence-corrected chi connectivity index (χ4v) is 11.9. The van der Waals surface area contributed by atoms with Crippen molar-refractivity contribution >= 4 is 38.9 Å². The van der Waals surface area contributed by atoms with Crippen LogP contribution < -0.4 is 4.90 Å². The molecule has 2 nitrogen and oxygen atoms in total. The highest BCUT2D eigenvalue weighted by molar-refractivity contribution is 6.10. The standard InChI is InChI=1S/C51H40N2/c1-3-11-38(12-4-1)52(41-24-26-50-45(32-41)44-16-8-10-18-49(44)53(50)39-13-5-2-6-14-39)40-22-19-34(20-23-40)35-21-25-43-42-15-7-9-17-46(42)51(48(43)31-35)37-28-33-27-36(30-37)47(51)29-33/h1-26,31-33,36-37,47H,27-30H2. The normalized spacial score (nSPS) is 23.2. The zero-order valence-electron chi connectivity index (χ0n) is 29.7. The SMILES string of the molecule is c1ccc(N(c2ccc(-c3ccc4c(c3)C3(c5ccccc5-4)C4CC5CC(C4)C3C5)cc2)c2ccc3c(c2)c2ccccc2n3-c2ccccc2)cc1. The van der Waals surface area contributed by atoms with Crippen LogP contribution in [0.1, 0.15) is 36.8 Å². The first-order valence-electron chi connectivity index (χ1n) is 19.5. The van der Waals surface area contributed by atoms with E-state index in [0.29, 0.717) is 0 Å². The molecule has 13 rings (SSSR count). The average molecular weight is 681 g/mol. The van der Waals surface area contributed by atoms with E-state index in [2.05, 4.69) is 179 Å². The van der Waals surface area contributed by atoms with E-state index in [1.165, 1.54) is 75.4 Å². The van der Waals surface area contributed by atoms with Gasteiger partial charge in [-0.3, -0.25) is 0 Å². The Morgan fingerprint density at radius 2 is 1.15 bits per heavy atom. The molecule has 254 valence electrons. The molecule has 0 radical (unpaired) electrons. The minimum atomic E-state index is 0.200. The van der Waals surface area contributed by atoms with Crippen molar-refractivity contribution in [2.24, 2.45) is 23.7 Å². The molecule has 0 N–H and O–H groups in total. The molecular weight excluding hydrogens is 641 g/mol. The molecule has 5 unspecified atom stereocenters. The minimum Gasteiger partial charge on any atom is -0.310 e. The summed E-state index contributed by atoms with van der Waals surface area (Å²) < 4.78 is 2.39. The number of anilines is 3. The summed E-state index contributed by atoms with van der Waals surface area (Å²) in [7, 11) is 0. The summed E-state index contributed by atoms with van der Waals surface area (Å²) in [4.78, 5) is 2.40. The number of nitrogens with zero attached hydrogens (tertiary/aromatic N) is 2. The predicted octanol–water partition coefficient (Wildman–Crippen LogP) is 13.3. The van der Waals surface area contributed by atoms with Crippen LogP contribution in [-0.4, -0.2) is 4.57 Å². The maximum Gasteiger partial charge on any atom is 0.0542 e. The van der Waals surface area contributed by atoms with Crippen LogP contribution in [0.2, 0.25) is 0 Å². The second-order valence-electron chi connectivity index (χ2n) is 16.2. The van der Waals surface area contributed by atoms with Crippen LogP contribution in [0, 0.1) is 23.7 Å². The van der Waals surface area contributed by atoms with Crippen molar-refractivity contribution in [1.29, 1.82) is 0 Å². The Morgan fingerprint density at radius 1 is 0.472 bits per heavy atom. The van der Waals surface area contributed by atoms with Crippen molar-refractivity contribution in [3.8, 4) is 27.9 Å². The molecule has 4 saturated carbocycles. The fourth-order valence-electron chi connectivity index (χ4n) is 11.9. The Bertz CT molecular complexity index is 2700. The number of hydrogen-bond donors (Lipinski definition) is 0. The van der Waals surface area contributed by atoms with Gasteiger partial charge in [0.2, 0.25) is 0 Å². The highest BCUT2D eigenvalue weighted by Crippen LogP contribution is 2.73. The topological polar surface area (TPSA) is 8.17 Å². The second-order valence-corrected chi connectivity index (χ2v) is 16.2. The zero-order chi connectivity index (χ0) is 34.7. The third-order valence-electron chi connectivity index (χ3n) is 13.8. The van der Waals surface area contributed by atoms with Crippen LogP contribution in [-0.2, 0) is 5.41 Å². The molecule has 4 bridgehead atoms. The summed E-state index contributed by atoms with van der Waals surface area (Å²) >= 11 is 0. The molecule has 2 heteroatoms. The lowest BCUT2D eigenvalue weighted by molar-refractivity contribution is 0.191. The molecule has 5 aliphatic rings. The first kappa shape index (κ1) is 29.7. The highest BCUT2D eigenvalue weighted by atomic mass is 15.1. The Morgan fingerprint density at radius 3 is 2.00 bits per heavy atom. The molecule has 7 aromatic carbocycles. The Hall–Kier alpha value is -5.86. The molecule has 5 atom stereocenters. The van der Waals surface area contributed by atoms with Crippen molar-refractivity contribution in [2.75, 3.05) is 4.90 Å². The third-order valence-corrected chi connectivity index (χ3v) is 13.8. The van der Waals surface area contributed by atoms with E-state index in [1.54, 1.807) is 11.1 Å². The van der Waals surface area contributed by atoms with Gasteiger partial charge in [0.15, 0.2) is 0 Å². The van der Waals surface area contributed by atoms with E-state index in [0.717, 1.165) is 40.7 Å². The first-order valence-corrected chi connectivity index (χ1v) is 19.5. The molecule has 8 aromatic rings. The van der Waals surface area contributed by atoms with Gasteiger partial charge >= 0.3 is 0 Å². The summed E-state index contributed by atoms with van der Waals surface area (Å²) in [6.07, 6.45) is 5.71. The van der Waals surface area contributed by atoms with Gasteiger partial charge in [0.1, 0.15) is 0 Å². The van der Waals surface area contributed by atoms with Gasteiger partial charge in [0, 0.05) is 38.9 Å². The molecule has 1 heterocycles. The van der Waals surface area contributed by atoms with Gasteiger partial charge in [-0.1, -0.05) is 103 Å². The van der Waals surface area contributed by atoms with Gasteiger partial charge in [-0.2, -0.15) is 0 Å². The second kappa shape index (κ2) is 11.1. The third kappa shape index (κ3) is 4.10. The molecule has 5 aliphatic carbocycles. The summed E-state index contributed by atoms with van der Waals surface area (Å²) in [5.41, 5.74) is 16.1. The summed E-state index contributed by atoms with van der Waals surface area (Å²) in [6.45, 7) is 0. The highest BCUT2D eigenvalue weighted by Gasteiger charge is 2.65. The summed E-state index contributed by atoms with van der Waals surface area (Å²) in [5, 5.41) is 2.51. The van der Waals surface area contributed by atoms with Gasteiger partial charge in [0.05, 0.1) is 11.0 Å². The first-order chi connectivity index (χ1) is 26.3. The molecule has 53 heavy (non-hydrogen) atoms. The molecule has 0 amide bonds. The largest absolute Gasteiger partial charge is 0.310 e. The monoisotopic (exact) mass is 680 g/mol. The number of fused-ring (bicyclic) bond motifs is 6. The lowest BCUT2D eigenvalue weighted by Crippen LogP contribution is -2.40. The fraction of sp³-hybridized carbons (Fsp3) is 0.176. The molecular formula is C51H40N2. The van der Waals surface area contributed by atoms with E-state index in [9.17, 15) is 0 Å². The minimum absolute atomic E-state index is 0.200. The van der Waals surface area contributed by atoms with E-state index in [-0.39, 0.29) is 5.41 Å². The van der Waals surface area contributed by atoms with Crippen molar-refractivity contribution in [3.63, 3.8) is 0 Å². The van der Waals surface area contributed by atoms with Crippen LogP contribution in [0.3, 0.4) is 0 Å². The van der Waals surface area contributed by atoms with Gasteiger partial charge < -0.3 is 9.47 Å². The smallest absolute Gasteiger partial charge is 0.0542 e.